The molecule has 0 saturated carbocycles. The highest BCUT2D eigenvalue weighted by atomic mass is 19.1. The van der Waals surface area contributed by atoms with Crippen molar-refractivity contribution in [1.29, 1.82) is 0 Å². The topological polar surface area (TPSA) is 28.2 Å². The lowest BCUT2D eigenvalue weighted by Crippen LogP contribution is -2.23. The van der Waals surface area contributed by atoms with E-state index in [0.29, 0.717) is 24.0 Å². The van der Waals surface area contributed by atoms with Gasteiger partial charge < -0.3 is 10.2 Å². The molecule has 4 heteroatoms. The molecule has 2 aromatic rings. The second-order valence-electron chi connectivity index (χ2n) is 5.49. The van der Waals surface area contributed by atoms with Crippen LogP contribution >= 0.6 is 0 Å². The van der Waals surface area contributed by atoms with Crippen molar-refractivity contribution in [3.63, 3.8) is 0 Å². The van der Waals surface area contributed by atoms with Gasteiger partial charge in [0.1, 0.15) is 0 Å². The van der Waals surface area contributed by atoms with Crippen LogP contribution in [0.5, 0.6) is 0 Å². The van der Waals surface area contributed by atoms with Crippen molar-refractivity contribution in [1.82, 2.24) is 10.3 Å². The average Bonchev–Trinajstić information content (AvgIpc) is 2.46. The third kappa shape index (κ3) is 3.58. The Morgan fingerprint density at radius 1 is 1.24 bits per heavy atom. The first-order valence-electron chi connectivity index (χ1n) is 7.17. The van der Waals surface area contributed by atoms with E-state index in [2.05, 4.69) is 10.3 Å². The molecule has 1 N–H and O–H groups in total. The molecule has 0 amide bonds. The lowest BCUT2D eigenvalue weighted by atomic mass is 10.1. The zero-order valence-electron chi connectivity index (χ0n) is 13.0. The molecular formula is C17H22FN3. The molecule has 0 radical (unpaired) electrons. The summed E-state index contributed by atoms with van der Waals surface area (Å²) in [6.45, 7) is 6.59. The summed E-state index contributed by atoms with van der Waals surface area (Å²) >= 11 is 0. The predicted molar refractivity (Wildman–Crippen MR) is 85.4 cm³/mol. The van der Waals surface area contributed by atoms with Gasteiger partial charge in [-0.3, -0.25) is 0 Å². The number of aryl methyl sites for hydroxylation is 1. The van der Waals surface area contributed by atoms with Crippen LogP contribution in [0.15, 0.2) is 36.5 Å². The summed E-state index contributed by atoms with van der Waals surface area (Å²) in [5, 5.41) is 3.23. The van der Waals surface area contributed by atoms with Crippen molar-refractivity contribution in [3.05, 3.63) is 53.5 Å². The van der Waals surface area contributed by atoms with Crippen LogP contribution in [-0.4, -0.2) is 18.1 Å². The molecule has 112 valence electrons. The first-order valence-corrected chi connectivity index (χ1v) is 7.17. The van der Waals surface area contributed by atoms with E-state index >= 15 is 0 Å². The Morgan fingerprint density at radius 2 is 1.95 bits per heavy atom. The number of hydrogen-bond donors (Lipinski definition) is 1. The summed E-state index contributed by atoms with van der Waals surface area (Å²) in [7, 11) is 1.84. The van der Waals surface area contributed by atoms with E-state index in [4.69, 9.17) is 0 Å². The second kappa shape index (κ2) is 6.68. The van der Waals surface area contributed by atoms with Gasteiger partial charge in [0.25, 0.3) is 0 Å². The fourth-order valence-corrected chi connectivity index (χ4v) is 2.21. The number of nitrogens with zero attached hydrogens (tertiary/aromatic N) is 2. The second-order valence-corrected chi connectivity index (χ2v) is 5.49. The molecule has 0 unspecified atom stereocenters. The summed E-state index contributed by atoms with van der Waals surface area (Å²) in [6.07, 6.45) is 1.66. The van der Waals surface area contributed by atoms with E-state index in [1.165, 1.54) is 0 Å². The van der Waals surface area contributed by atoms with E-state index in [-0.39, 0.29) is 5.82 Å². The van der Waals surface area contributed by atoms with Gasteiger partial charge in [0.2, 0.25) is 0 Å². The van der Waals surface area contributed by atoms with Crippen LogP contribution in [0.1, 0.15) is 25.0 Å². The first kappa shape index (κ1) is 15.4. The van der Waals surface area contributed by atoms with Crippen LogP contribution in [-0.2, 0) is 6.54 Å². The van der Waals surface area contributed by atoms with Crippen molar-refractivity contribution in [2.75, 3.05) is 11.9 Å². The highest BCUT2D eigenvalue weighted by Crippen LogP contribution is 2.28. The van der Waals surface area contributed by atoms with Crippen LogP contribution in [0.2, 0.25) is 0 Å². The molecule has 1 aromatic carbocycles. The molecule has 0 fully saturated rings. The van der Waals surface area contributed by atoms with Crippen LogP contribution in [0, 0.1) is 12.7 Å². The Balaban J connectivity index is 2.32. The molecule has 0 saturated heterocycles. The van der Waals surface area contributed by atoms with Crippen molar-refractivity contribution >= 4 is 11.5 Å². The number of nitrogens with one attached hydrogen (secondary N) is 1. The number of benzene rings is 1. The third-order valence-corrected chi connectivity index (χ3v) is 3.45. The first-order chi connectivity index (χ1) is 10.0. The van der Waals surface area contributed by atoms with Crippen molar-refractivity contribution in [2.45, 2.75) is 33.4 Å². The lowest BCUT2D eigenvalue weighted by Gasteiger charge is -2.22. The lowest BCUT2D eigenvalue weighted by molar-refractivity contribution is 0.550. The largest absolute Gasteiger partial charge is 0.327 e. The van der Waals surface area contributed by atoms with Gasteiger partial charge in [0.05, 0.1) is 0 Å². The Hall–Kier alpha value is -1.94. The van der Waals surface area contributed by atoms with E-state index in [9.17, 15) is 4.39 Å². The SMILES string of the molecule is Cc1ccccc1N(C)c1nccc(CNC(C)C)c1F. The van der Waals surface area contributed by atoms with Gasteiger partial charge in [-0.05, 0) is 24.6 Å². The van der Waals surface area contributed by atoms with Crippen LogP contribution in [0.4, 0.5) is 15.9 Å². The van der Waals surface area contributed by atoms with Gasteiger partial charge in [-0.25, -0.2) is 9.37 Å². The number of aromatic nitrogens is 1. The van der Waals surface area contributed by atoms with E-state index in [1.54, 1.807) is 17.2 Å². The Morgan fingerprint density at radius 3 is 2.62 bits per heavy atom. The Labute approximate surface area is 125 Å². The number of rotatable bonds is 5. The van der Waals surface area contributed by atoms with Crippen molar-refractivity contribution in [3.8, 4) is 0 Å². The number of para-hydroxylation sites is 1. The minimum absolute atomic E-state index is 0.267. The average molecular weight is 287 g/mol. The minimum Gasteiger partial charge on any atom is -0.327 e. The molecule has 0 aliphatic carbocycles. The van der Waals surface area contributed by atoms with Gasteiger partial charge in [0.15, 0.2) is 11.6 Å². The van der Waals surface area contributed by atoms with E-state index in [1.807, 2.05) is 52.1 Å². The van der Waals surface area contributed by atoms with Gasteiger partial charge >= 0.3 is 0 Å². The predicted octanol–water partition coefficient (Wildman–Crippen LogP) is 3.80. The fourth-order valence-electron chi connectivity index (χ4n) is 2.21. The van der Waals surface area contributed by atoms with Crippen LogP contribution in [0.3, 0.4) is 0 Å². The number of halogens is 1. The summed E-state index contributed by atoms with van der Waals surface area (Å²) in [5.74, 6) is 0.0868. The standard InChI is InChI=1S/C17H22FN3/c1-12(2)20-11-14-9-10-19-17(16(14)18)21(4)15-8-6-5-7-13(15)3/h5-10,12,20H,11H2,1-4H3. The molecular weight excluding hydrogens is 265 g/mol. The van der Waals surface area contributed by atoms with Crippen molar-refractivity contribution < 1.29 is 4.39 Å². The molecule has 0 bridgehead atoms. The van der Waals surface area contributed by atoms with Crippen LogP contribution in [0.25, 0.3) is 0 Å². The Kier molecular flexibility index (Phi) is 4.91. The van der Waals surface area contributed by atoms with Crippen LogP contribution < -0.4 is 10.2 Å². The Bertz CT molecular complexity index is 611. The number of pyridine rings is 1. The van der Waals surface area contributed by atoms with Gasteiger partial charge in [0, 0.05) is 37.1 Å². The molecule has 2 rings (SSSR count). The highest BCUT2D eigenvalue weighted by Gasteiger charge is 2.15. The quantitative estimate of drug-likeness (QED) is 0.906. The summed E-state index contributed by atoms with van der Waals surface area (Å²) in [4.78, 5) is 6.00. The zero-order chi connectivity index (χ0) is 15.4. The summed E-state index contributed by atoms with van der Waals surface area (Å²) < 4.78 is 14.6. The number of hydrogen-bond acceptors (Lipinski definition) is 3. The maximum atomic E-state index is 14.6. The van der Waals surface area contributed by atoms with Crippen molar-refractivity contribution in [2.24, 2.45) is 0 Å². The maximum absolute atomic E-state index is 14.6. The molecule has 21 heavy (non-hydrogen) atoms. The monoisotopic (exact) mass is 287 g/mol. The van der Waals surface area contributed by atoms with Gasteiger partial charge in [-0.2, -0.15) is 0 Å². The third-order valence-electron chi connectivity index (χ3n) is 3.45. The minimum atomic E-state index is -0.267. The fraction of sp³-hybridized carbons (Fsp3) is 0.353. The smallest absolute Gasteiger partial charge is 0.170 e. The van der Waals surface area contributed by atoms with Gasteiger partial charge in [-0.1, -0.05) is 32.0 Å². The van der Waals surface area contributed by atoms with Gasteiger partial charge in [-0.15, -0.1) is 0 Å². The van der Waals surface area contributed by atoms with E-state index in [0.717, 1.165) is 11.3 Å². The summed E-state index contributed by atoms with van der Waals surface area (Å²) in [6, 6.07) is 9.93. The normalized spacial score (nSPS) is 11.0. The molecule has 1 aromatic heterocycles. The molecule has 1 heterocycles. The maximum Gasteiger partial charge on any atom is 0.170 e. The molecule has 0 spiro atoms. The number of anilines is 2. The van der Waals surface area contributed by atoms with E-state index < -0.39 is 0 Å². The molecule has 0 aliphatic heterocycles. The highest BCUT2D eigenvalue weighted by molar-refractivity contribution is 5.63. The molecule has 0 aliphatic rings. The molecule has 0 atom stereocenters. The summed E-state index contributed by atoms with van der Waals surface area (Å²) in [5.41, 5.74) is 2.68. The zero-order valence-corrected chi connectivity index (χ0v) is 13.0. The molecule has 3 nitrogen and oxygen atoms in total.